The van der Waals surface area contributed by atoms with Gasteiger partial charge >= 0.3 is 5.97 Å². The van der Waals surface area contributed by atoms with Crippen LogP contribution in [0.25, 0.3) is 17.0 Å². The molecule has 0 radical (unpaired) electrons. The van der Waals surface area contributed by atoms with Crippen molar-refractivity contribution in [1.29, 1.82) is 0 Å². The number of carbonyl (C=O) groups is 1. The van der Waals surface area contributed by atoms with Gasteiger partial charge in [-0.05, 0) is 30.7 Å². The summed E-state index contributed by atoms with van der Waals surface area (Å²) in [6.45, 7) is 1.75. The highest BCUT2D eigenvalue weighted by Gasteiger charge is 2.32. The molecule has 2 aromatic heterocycles. The third-order valence-electron chi connectivity index (χ3n) is 5.51. The third-order valence-corrected chi connectivity index (χ3v) is 6.80. The van der Waals surface area contributed by atoms with Gasteiger partial charge in [-0.1, -0.05) is 71.5 Å². The number of thiazole rings is 1. The minimum atomic E-state index is -0.634. The second-order valence-corrected chi connectivity index (χ2v) is 8.95. The minimum Gasteiger partial charge on any atom is -0.466 e. The first-order valence-electron chi connectivity index (χ1n) is 10.2. The van der Waals surface area contributed by atoms with Crippen molar-refractivity contribution in [2.24, 2.45) is 4.99 Å². The fraction of sp³-hybridized carbons (Fsp3) is 0.120. The molecule has 0 spiro atoms. The van der Waals surface area contributed by atoms with Crippen molar-refractivity contribution >= 4 is 45.9 Å². The summed E-state index contributed by atoms with van der Waals surface area (Å²) in [6.07, 6.45) is 1.71. The normalized spacial score (nSPS) is 16.0. The Kier molecular flexibility index (Phi) is 5.44. The maximum Gasteiger partial charge on any atom is 0.338 e. The van der Waals surface area contributed by atoms with Gasteiger partial charge in [0.15, 0.2) is 4.80 Å². The topological polar surface area (TPSA) is 73.6 Å². The van der Waals surface area contributed by atoms with Gasteiger partial charge in [-0.3, -0.25) is 9.36 Å². The zero-order valence-corrected chi connectivity index (χ0v) is 19.4. The standard InChI is InChI=1S/C25H18ClN3O3S/c1-14-21(24(31)32-2)22(15-8-4-3-5-9-15)29-23(30)20(33-25(29)27-14)13-16-12-18(26)17-10-6-7-11-19(17)28-16/h3-13,22H,1-2H3/b20-13-/t22-/m1/s1. The fourth-order valence-electron chi connectivity index (χ4n) is 4.00. The highest BCUT2D eigenvalue weighted by molar-refractivity contribution is 7.07. The summed E-state index contributed by atoms with van der Waals surface area (Å²) in [6, 6.07) is 18.1. The average molecular weight is 476 g/mol. The largest absolute Gasteiger partial charge is 0.466 e. The first kappa shape index (κ1) is 21.3. The Bertz CT molecular complexity index is 1620. The van der Waals surface area contributed by atoms with E-state index in [1.54, 1.807) is 23.6 Å². The average Bonchev–Trinajstić information content (AvgIpc) is 3.12. The van der Waals surface area contributed by atoms with E-state index in [2.05, 4.69) is 9.98 Å². The molecule has 164 valence electrons. The maximum absolute atomic E-state index is 13.6. The van der Waals surface area contributed by atoms with Gasteiger partial charge in [0.05, 0.1) is 45.2 Å². The lowest BCUT2D eigenvalue weighted by Gasteiger charge is -2.24. The molecule has 0 unspecified atom stereocenters. The molecule has 2 aromatic carbocycles. The number of rotatable bonds is 3. The van der Waals surface area contributed by atoms with Gasteiger partial charge in [0.2, 0.25) is 0 Å². The van der Waals surface area contributed by atoms with Crippen LogP contribution in [-0.4, -0.2) is 22.6 Å². The van der Waals surface area contributed by atoms with Gasteiger partial charge < -0.3 is 4.74 Å². The van der Waals surface area contributed by atoms with E-state index in [4.69, 9.17) is 16.3 Å². The number of methoxy groups -OCH3 is 1. The predicted molar refractivity (Wildman–Crippen MR) is 129 cm³/mol. The Morgan fingerprint density at radius 1 is 1.15 bits per heavy atom. The quantitative estimate of drug-likeness (QED) is 0.424. The number of carbonyl (C=O) groups excluding carboxylic acids is 1. The van der Waals surface area contributed by atoms with Gasteiger partial charge in [0, 0.05) is 5.39 Å². The van der Waals surface area contributed by atoms with E-state index in [0.717, 1.165) is 16.5 Å². The molecule has 0 fully saturated rings. The van der Waals surface area contributed by atoms with Crippen molar-refractivity contribution in [3.63, 3.8) is 0 Å². The SMILES string of the molecule is COC(=O)C1=C(C)N=c2s/c(=C\c3cc(Cl)c4ccccc4n3)c(=O)n2[C@@H]1c1ccccc1. The summed E-state index contributed by atoms with van der Waals surface area (Å²) < 4.78 is 7.02. The number of benzene rings is 2. The van der Waals surface area contributed by atoms with Crippen molar-refractivity contribution in [3.8, 4) is 0 Å². The van der Waals surface area contributed by atoms with Gasteiger partial charge in [0.1, 0.15) is 0 Å². The summed E-state index contributed by atoms with van der Waals surface area (Å²) in [5.74, 6) is -0.512. The van der Waals surface area contributed by atoms with Crippen LogP contribution in [0, 0.1) is 0 Å². The lowest BCUT2D eigenvalue weighted by molar-refractivity contribution is -0.136. The van der Waals surface area contributed by atoms with Crippen LogP contribution in [0.2, 0.25) is 5.02 Å². The highest BCUT2D eigenvalue weighted by Crippen LogP contribution is 2.30. The second-order valence-electron chi connectivity index (χ2n) is 7.53. The number of hydrogen-bond acceptors (Lipinski definition) is 6. The van der Waals surface area contributed by atoms with Crippen molar-refractivity contribution in [2.45, 2.75) is 13.0 Å². The zero-order chi connectivity index (χ0) is 23.1. The number of nitrogens with zero attached hydrogens (tertiary/aromatic N) is 3. The van der Waals surface area contributed by atoms with Crippen LogP contribution in [0.3, 0.4) is 0 Å². The smallest absolute Gasteiger partial charge is 0.338 e. The summed E-state index contributed by atoms with van der Waals surface area (Å²) in [5.41, 5.74) is 2.73. The van der Waals surface area contributed by atoms with Crippen molar-refractivity contribution in [2.75, 3.05) is 7.11 Å². The van der Waals surface area contributed by atoms with E-state index >= 15 is 0 Å². The van der Waals surface area contributed by atoms with Crippen LogP contribution in [-0.2, 0) is 9.53 Å². The number of halogens is 1. The molecule has 3 heterocycles. The zero-order valence-electron chi connectivity index (χ0n) is 17.8. The van der Waals surface area contributed by atoms with E-state index < -0.39 is 12.0 Å². The number of fused-ring (bicyclic) bond motifs is 2. The monoisotopic (exact) mass is 475 g/mol. The second kappa shape index (κ2) is 8.42. The molecule has 4 aromatic rings. The maximum atomic E-state index is 13.6. The van der Waals surface area contributed by atoms with Gasteiger partial charge in [-0.2, -0.15) is 0 Å². The molecule has 0 bridgehead atoms. The molecule has 8 heteroatoms. The van der Waals surface area contributed by atoms with Crippen LogP contribution >= 0.6 is 22.9 Å². The van der Waals surface area contributed by atoms with E-state index in [-0.39, 0.29) is 5.56 Å². The molecule has 0 amide bonds. The molecule has 0 saturated heterocycles. The van der Waals surface area contributed by atoms with Crippen LogP contribution < -0.4 is 14.9 Å². The number of allylic oxidation sites excluding steroid dienone is 1. The Morgan fingerprint density at radius 3 is 2.64 bits per heavy atom. The van der Waals surface area contributed by atoms with Crippen molar-refractivity contribution < 1.29 is 9.53 Å². The van der Waals surface area contributed by atoms with E-state index in [1.807, 2.05) is 54.6 Å². The molecule has 0 N–H and O–H groups in total. The Labute approximate surface area is 197 Å². The number of para-hydroxylation sites is 1. The number of esters is 1. The van der Waals surface area contributed by atoms with Crippen LogP contribution in [0.4, 0.5) is 0 Å². The molecule has 6 nitrogen and oxygen atoms in total. The van der Waals surface area contributed by atoms with Crippen molar-refractivity contribution in [1.82, 2.24) is 9.55 Å². The molecule has 1 aliphatic rings. The van der Waals surface area contributed by atoms with Gasteiger partial charge in [0.25, 0.3) is 5.56 Å². The number of ether oxygens (including phenoxy) is 1. The minimum absolute atomic E-state index is 0.257. The lowest BCUT2D eigenvalue weighted by atomic mass is 9.96. The van der Waals surface area contributed by atoms with Crippen LogP contribution in [0.15, 0.2) is 81.7 Å². The first-order valence-corrected chi connectivity index (χ1v) is 11.4. The Morgan fingerprint density at radius 2 is 1.88 bits per heavy atom. The van der Waals surface area contributed by atoms with Gasteiger partial charge in [-0.25, -0.2) is 14.8 Å². The van der Waals surface area contributed by atoms with Crippen molar-refractivity contribution in [3.05, 3.63) is 108 Å². The molecule has 0 saturated carbocycles. The van der Waals surface area contributed by atoms with E-state index in [0.29, 0.717) is 31.3 Å². The molecular weight excluding hydrogens is 458 g/mol. The molecular formula is C25H18ClN3O3S. The molecule has 33 heavy (non-hydrogen) atoms. The third kappa shape index (κ3) is 3.69. The van der Waals surface area contributed by atoms with Crippen LogP contribution in [0.5, 0.6) is 0 Å². The first-order chi connectivity index (χ1) is 16.0. The molecule has 0 aliphatic carbocycles. The van der Waals surface area contributed by atoms with E-state index in [9.17, 15) is 9.59 Å². The summed E-state index contributed by atoms with van der Waals surface area (Å²) in [4.78, 5) is 35.9. The Balaban J connectivity index is 1.74. The summed E-state index contributed by atoms with van der Waals surface area (Å²) in [7, 11) is 1.32. The fourth-order valence-corrected chi connectivity index (χ4v) is 5.31. The number of hydrogen-bond donors (Lipinski definition) is 0. The molecule has 1 atom stereocenters. The highest BCUT2D eigenvalue weighted by atomic mass is 35.5. The van der Waals surface area contributed by atoms with Gasteiger partial charge in [-0.15, -0.1) is 0 Å². The van der Waals surface area contributed by atoms with Crippen LogP contribution in [0.1, 0.15) is 24.2 Å². The van der Waals surface area contributed by atoms with E-state index in [1.165, 1.54) is 18.4 Å². The Hall–Kier alpha value is -3.55. The predicted octanol–water partition coefficient (Wildman–Crippen LogP) is 3.61. The number of pyridine rings is 1. The number of aromatic nitrogens is 2. The summed E-state index contributed by atoms with van der Waals surface area (Å²) in [5, 5.41) is 1.41. The molecule has 5 rings (SSSR count). The molecule has 1 aliphatic heterocycles. The lowest BCUT2D eigenvalue weighted by Crippen LogP contribution is -2.39. The summed E-state index contributed by atoms with van der Waals surface area (Å²) >= 11 is 7.70.